The Morgan fingerprint density at radius 3 is 1.45 bits per heavy atom. The van der Waals surface area contributed by atoms with Gasteiger partial charge in [0.05, 0.1) is 11.1 Å². The summed E-state index contributed by atoms with van der Waals surface area (Å²) < 4.78 is 3.34. The van der Waals surface area contributed by atoms with Crippen LogP contribution < -0.4 is 0 Å². The molecule has 0 N–H and O–H groups in total. The van der Waals surface area contributed by atoms with E-state index >= 15 is 0 Å². The van der Waals surface area contributed by atoms with E-state index in [2.05, 4.69) is 33.6 Å². The molecule has 0 aliphatic carbocycles. The van der Waals surface area contributed by atoms with Gasteiger partial charge in [-0.05, 0) is 47.3 Å². The first kappa shape index (κ1) is 36.5. The third-order valence-corrected chi connectivity index (χ3v) is 9.62. The molecule has 0 fully saturated rings. The van der Waals surface area contributed by atoms with Crippen molar-refractivity contribution in [2.24, 2.45) is 0 Å². The van der Waals surface area contributed by atoms with Crippen LogP contribution in [0.1, 0.15) is 181 Å². The van der Waals surface area contributed by atoms with Crippen molar-refractivity contribution >= 4 is 27.7 Å². The Kier molecular flexibility index (Phi) is 18.7. The van der Waals surface area contributed by atoms with Crippen molar-refractivity contribution in [1.82, 2.24) is 14.5 Å². The van der Waals surface area contributed by atoms with Gasteiger partial charge < -0.3 is 4.57 Å². The lowest BCUT2D eigenvalue weighted by atomic mass is 10.0. The molecule has 3 rings (SSSR count). The van der Waals surface area contributed by atoms with E-state index in [-0.39, 0.29) is 11.8 Å². The SMILES string of the molecule is CCCCCCCCCCCCCCCCCc1nc(Br)cn1CCCCCCCCCCN1C(=O)c2ccccc2C1=O. The molecule has 0 atom stereocenters. The van der Waals surface area contributed by atoms with Gasteiger partial charge in [0.25, 0.3) is 11.8 Å². The van der Waals surface area contributed by atoms with Crippen molar-refractivity contribution in [3.8, 4) is 0 Å². The Morgan fingerprint density at radius 1 is 0.568 bits per heavy atom. The Bertz CT molecular complexity index is 1050. The van der Waals surface area contributed by atoms with Gasteiger partial charge >= 0.3 is 0 Å². The highest BCUT2D eigenvalue weighted by Gasteiger charge is 2.34. The van der Waals surface area contributed by atoms with Crippen LogP contribution in [0, 0.1) is 0 Å². The smallest absolute Gasteiger partial charge is 0.261 e. The number of imide groups is 1. The Hall–Kier alpha value is -1.95. The molecule has 0 spiro atoms. The lowest BCUT2D eigenvalue weighted by molar-refractivity contribution is 0.0651. The third-order valence-electron chi connectivity index (χ3n) is 9.24. The first-order chi connectivity index (χ1) is 21.6. The summed E-state index contributed by atoms with van der Waals surface area (Å²) in [6.07, 6.45) is 33.6. The van der Waals surface area contributed by atoms with Crippen LogP contribution in [0.5, 0.6) is 0 Å². The molecule has 44 heavy (non-hydrogen) atoms. The zero-order valence-electron chi connectivity index (χ0n) is 27.8. The fourth-order valence-electron chi connectivity index (χ4n) is 6.52. The van der Waals surface area contributed by atoms with Gasteiger partial charge in [0.2, 0.25) is 0 Å². The van der Waals surface area contributed by atoms with Gasteiger partial charge in [-0.2, -0.15) is 0 Å². The summed E-state index contributed by atoms with van der Waals surface area (Å²) in [5, 5.41) is 0. The molecule has 1 aromatic heterocycles. The number of halogens is 1. The largest absolute Gasteiger partial charge is 0.334 e. The van der Waals surface area contributed by atoms with Crippen molar-refractivity contribution in [3.05, 3.63) is 52.0 Å². The Labute approximate surface area is 277 Å². The fraction of sp³-hybridized carbons (Fsp3) is 0.711. The summed E-state index contributed by atoms with van der Waals surface area (Å²) in [4.78, 5) is 31.1. The van der Waals surface area contributed by atoms with Gasteiger partial charge in [-0.3, -0.25) is 14.5 Å². The molecule has 2 heterocycles. The molecule has 1 aromatic carbocycles. The van der Waals surface area contributed by atoms with E-state index in [9.17, 15) is 9.59 Å². The molecular weight excluding hydrogens is 610 g/mol. The number of carbonyl (C=O) groups is 2. The second-order valence-corrected chi connectivity index (χ2v) is 13.8. The Balaban J connectivity index is 1.11. The minimum atomic E-state index is -0.131. The topological polar surface area (TPSA) is 55.2 Å². The average molecular weight is 671 g/mol. The van der Waals surface area contributed by atoms with Crippen LogP contribution in [0.2, 0.25) is 0 Å². The predicted molar refractivity (Wildman–Crippen MR) is 187 cm³/mol. The van der Waals surface area contributed by atoms with Crippen molar-refractivity contribution in [3.63, 3.8) is 0 Å². The standard InChI is InChI=1S/C38H60BrN3O2/c1-2-3-4-5-6-7-8-9-10-11-12-13-16-19-22-29-36-40-35(39)32-41(36)30-25-20-17-14-15-18-21-26-31-42-37(43)33-27-23-24-28-34(33)38(42)44/h23-24,27-28,32H,2-22,25-26,29-31H2,1H3. The summed E-state index contributed by atoms with van der Waals surface area (Å²) >= 11 is 3.60. The number of nitrogens with zero attached hydrogens (tertiary/aromatic N) is 3. The maximum Gasteiger partial charge on any atom is 0.261 e. The summed E-state index contributed by atoms with van der Waals surface area (Å²) in [6.45, 7) is 3.89. The first-order valence-electron chi connectivity index (χ1n) is 18.3. The van der Waals surface area contributed by atoms with Gasteiger partial charge in [0, 0.05) is 25.7 Å². The van der Waals surface area contributed by atoms with Crippen LogP contribution >= 0.6 is 15.9 Å². The number of aromatic nitrogens is 2. The number of hydrogen-bond donors (Lipinski definition) is 0. The average Bonchev–Trinajstić information content (AvgIpc) is 3.50. The van der Waals surface area contributed by atoms with Crippen molar-refractivity contribution in [1.29, 1.82) is 0 Å². The van der Waals surface area contributed by atoms with Crippen LogP contribution in [-0.2, 0) is 13.0 Å². The van der Waals surface area contributed by atoms with Gasteiger partial charge in [0.15, 0.2) is 0 Å². The number of unbranched alkanes of at least 4 members (excludes halogenated alkanes) is 21. The number of benzene rings is 1. The zero-order valence-corrected chi connectivity index (χ0v) is 29.4. The number of imidazole rings is 1. The number of amides is 2. The first-order valence-corrected chi connectivity index (χ1v) is 19.1. The minimum absolute atomic E-state index is 0.131. The lowest BCUT2D eigenvalue weighted by Crippen LogP contribution is -2.30. The van der Waals surface area contributed by atoms with E-state index in [1.165, 1.54) is 146 Å². The molecule has 0 saturated heterocycles. The molecule has 0 radical (unpaired) electrons. The minimum Gasteiger partial charge on any atom is -0.334 e. The van der Waals surface area contributed by atoms with Crippen molar-refractivity contribution < 1.29 is 9.59 Å². The van der Waals surface area contributed by atoms with Crippen molar-refractivity contribution in [2.75, 3.05) is 6.54 Å². The molecule has 5 nitrogen and oxygen atoms in total. The van der Waals surface area contributed by atoms with E-state index in [0.717, 1.165) is 30.4 Å². The molecular formula is C38H60BrN3O2. The van der Waals surface area contributed by atoms with E-state index in [1.807, 2.05) is 12.1 Å². The van der Waals surface area contributed by atoms with E-state index in [1.54, 1.807) is 12.1 Å². The molecule has 0 bridgehead atoms. The third kappa shape index (κ3) is 13.6. The summed E-state index contributed by atoms with van der Waals surface area (Å²) in [5.74, 6) is 0.978. The zero-order chi connectivity index (χ0) is 31.2. The highest BCUT2D eigenvalue weighted by molar-refractivity contribution is 9.10. The maximum atomic E-state index is 12.5. The Morgan fingerprint density at radius 2 is 0.977 bits per heavy atom. The number of fused-ring (bicyclic) bond motifs is 1. The lowest BCUT2D eigenvalue weighted by Gasteiger charge is -2.13. The summed E-state index contributed by atoms with van der Waals surface area (Å²) in [6, 6.07) is 7.15. The van der Waals surface area contributed by atoms with E-state index in [4.69, 9.17) is 4.98 Å². The number of rotatable bonds is 27. The highest BCUT2D eigenvalue weighted by Crippen LogP contribution is 2.23. The second-order valence-electron chi connectivity index (χ2n) is 13.0. The number of carbonyl (C=O) groups excluding carboxylic acids is 2. The van der Waals surface area contributed by atoms with Gasteiger partial charge in [0.1, 0.15) is 10.4 Å². The van der Waals surface area contributed by atoms with Crippen LogP contribution in [0.25, 0.3) is 0 Å². The van der Waals surface area contributed by atoms with Crippen LogP contribution in [-0.4, -0.2) is 32.8 Å². The van der Waals surface area contributed by atoms with E-state index in [0.29, 0.717) is 17.7 Å². The van der Waals surface area contributed by atoms with Crippen molar-refractivity contribution in [2.45, 2.75) is 168 Å². The summed E-state index contributed by atoms with van der Waals surface area (Å²) in [7, 11) is 0. The molecule has 246 valence electrons. The number of hydrogen-bond acceptors (Lipinski definition) is 3. The molecule has 0 unspecified atom stereocenters. The van der Waals surface area contributed by atoms with E-state index < -0.39 is 0 Å². The fourth-order valence-corrected chi connectivity index (χ4v) is 6.97. The molecule has 6 heteroatoms. The second kappa shape index (κ2) is 22.5. The van der Waals surface area contributed by atoms with Crippen LogP contribution in [0.4, 0.5) is 0 Å². The molecule has 0 saturated carbocycles. The normalized spacial score (nSPS) is 12.9. The molecule has 2 amide bonds. The monoisotopic (exact) mass is 669 g/mol. The molecule has 1 aliphatic heterocycles. The van der Waals surface area contributed by atoms with Gasteiger partial charge in [-0.15, -0.1) is 0 Å². The highest BCUT2D eigenvalue weighted by atomic mass is 79.9. The van der Waals surface area contributed by atoms with Gasteiger partial charge in [-0.1, -0.05) is 147 Å². The number of aryl methyl sites for hydroxylation is 2. The van der Waals surface area contributed by atoms with Crippen LogP contribution in [0.15, 0.2) is 35.1 Å². The molecule has 2 aromatic rings. The molecule has 1 aliphatic rings. The predicted octanol–water partition coefficient (Wildman–Crippen LogP) is 11.5. The summed E-state index contributed by atoms with van der Waals surface area (Å²) in [5.41, 5.74) is 1.11. The quantitative estimate of drug-likeness (QED) is 0.0702. The maximum absolute atomic E-state index is 12.5. The van der Waals surface area contributed by atoms with Crippen LogP contribution in [0.3, 0.4) is 0 Å². The van der Waals surface area contributed by atoms with Gasteiger partial charge in [-0.25, -0.2) is 4.98 Å².